The van der Waals surface area contributed by atoms with E-state index in [1.807, 2.05) is 25.1 Å². The van der Waals surface area contributed by atoms with Crippen LogP contribution >= 0.6 is 15.9 Å². The van der Waals surface area contributed by atoms with Crippen LogP contribution in [-0.4, -0.2) is 38.9 Å². The van der Waals surface area contributed by atoms with Crippen molar-refractivity contribution in [3.05, 3.63) is 28.2 Å². The van der Waals surface area contributed by atoms with E-state index in [0.29, 0.717) is 25.4 Å². The van der Waals surface area contributed by atoms with Gasteiger partial charge in [-0.2, -0.15) is 0 Å². The first kappa shape index (κ1) is 14.3. The Morgan fingerprint density at radius 2 is 2.16 bits per heavy atom. The smallest absolute Gasteiger partial charge is 0.340 e. The quantitative estimate of drug-likeness (QED) is 0.797. The Morgan fingerprint density at radius 1 is 1.42 bits per heavy atom. The lowest BCUT2D eigenvalue weighted by atomic mass is 10.1. The predicted molar refractivity (Wildman–Crippen MR) is 77.7 cm³/mol. The molecule has 1 aliphatic heterocycles. The molecule has 0 atom stereocenters. The SMILES string of the molecule is CCCOC(=O)c1cc(Br)ccc1N1CCOCC1. The highest BCUT2D eigenvalue weighted by molar-refractivity contribution is 9.10. The summed E-state index contributed by atoms with van der Waals surface area (Å²) in [5.41, 5.74) is 1.54. The maximum absolute atomic E-state index is 12.1. The molecule has 0 bridgehead atoms. The highest BCUT2D eigenvalue weighted by atomic mass is 79.9. The first-order chi connectivity index (χ1) is 9.22. The van der Waals surface area contributed by atoms with E-state index < -0.39 is 0 Å². The monoisotopic (exact) mass is 327 g/mol. The lowest BCUT2D eigenvalue weighted by Crippen LogP contribution is -2.37. The number of benzene rings is 1. The van der Waals surface area contributed by atoms with Gasteiger partial charge >= 0.3 is 5.97 Å². The van der Waals surface area contributed by atoms with E-state index in [9.17, 15) is 4.79 Å². The molecule has 1 fully saturated rings. The van der Waals surface area contributed by atoms with E-state index in [1.54, 1.807) is 0 Å². The number of ether oxygens (including phenoxy) is 2. The van der Waals surface area contributed by atoms with Crippen molar-refractivity contribution < 1.29 is 14.3 Å². The molecule has 1 saturated heterocycles. The van der Waals surface area contributed by atoms with Crippen LogP contribution in [0, 0.1) is 0 Å². The third-order valence-electron chi connectivity index (χ3n) is 2.97. The second kappa shape index (κ2) is 6.91. The van der Waals surface area contributed by atoms with E-state index in [1.165, 1.54) is 0 Å². The van der Waals surface area contributed by atoms with Crippen LogP contribution < -0.4 is 4.90 Å². The molecule has 0 saturated carbocycles. The number of hydrogen-bond donors (Lipinski definition) is 0. The zero-order valence-electron chi connectivity index (χ0n) is 11.0. The summed E-state index contributed by atoms with van der Waals surface area (Å²) in [5.74, 6) is -0.260. The number of hydrogen-bond acceptors (Lipinski definition) is 4. The van der Waals surface area contributed by atoms with Gasteiger partial charge in [0.2, 0.25) is 0 Å². The van der Waals surface area contributed by atoms with Crippen molar-refractivity contribution in [3.8, 4) is 0 Å². The van der Waals surface area contributed by atoms with Gasteiger partial charge in [0.25, 0.3) is 0 Å². The molecular weight excluding hydrogens is 310 g/mol. The van der Waals surface area contributed by atoms with Crippen molar-refractivity contribution in [3.63, 3.8) is 0 Å². The van der Waals surface area contributed by atoms with Gasteiger partial charge in [-0.25, -0.2) is 4.79 Å². The molecule has 0 amide bonds. The van der Waals surface area contributed by atoms with E-state index in [4.69, 9.17) is 9.47 Å². The maximum Gasteiger partial charge on any atom is 0.340 e. The van der Waals surface area contributed by atoms with Crippen LogP contribution in [-0.2, 0) is 9.47 Å². The number of carbonyl (C=O) groups is 1. The molecule has 0 radical (unpaired) electrons. The molecule has 0 N–H and O–H groups in total. The number of esters is 1. The Bertz CT molecular complexity index is 444. The van der Waals surface area contributed by atoms with Crippen molar-refractivity contribution in [2.45, 2.75) is 13.3 Å². The van der Waals surface area contributed by atoms with Crippen LogP contribution in [0.1, 0.15) is 23.7 Å². The van der Waals surface area contributed by atoms with Crippen molar-refractivity contribution in [1.82, 2.24) is 0 Å². The molecule has 1 heterocycles. The number of halogens is 1. The molecule has 0 aromatic heterocycles. The molecule has 5 heteroatoms. The van der Waals surface area contributed by atoms with Gasteiger partial charge in [-0.3, -0.25) is 0 Å². The molecule has 1 aromatic rings. The van der Waals surface area contributed by atoms with E-state index in [0.717, 1.165) is 29.7 Å². The van der Waals surface area contributed by atoms with Crippen molar-refractivity contribution in [1.29, 1.82) is 0 Å². The van der Waals surface area contributed by atoms with Crippen LogP contribution in [0.3, 0.4) is 0 Å². The van der Waals surface area contributed by atoms with E-state index in [2.05, 4.69) is 20.8 Å². The van der Waals surface area contributed by atoms with Crippen LogP contribution in [0.2, 0.25) is 0 Å². The lowest BCUT2D eigenvalue weighted by Gasteiger charge is -2.30. The minimum Gasteiger partial charge on any atom is -0.462 e. The number of morpholine rings is 1. The zero-order chi connectivity index (χ0) is 13.7. The summed E-state index contributed by atoms with van der Waals surface area (Å²) >= 11 is 3.41. The molecule has 4 nitrogen and oxygen atoms in total. The van der Waals surface area contributed by atoms with Crippen LogP contribution in [0.25, 0.3) is 0 Å². The maximum atomic E-state index is 12.1. The fraction of sp³-hybridized carbons (Fsp3) is 0.500. The number of nitrogens with zero attached hydrogens (tertiary/aromatic N) is 1. The van der Waals surface area contributed by atoms with Gasteiger partial charge in [-0.1, -0.05) is 22.9 Å². The van der Waals surface area contributed by atoms with E-state index in [-0.39, 0.29) is 5.97 Å². The molecule has 19 heavy (non-hydrogen) atoms. The highest BCUT2D eigenvalue weighted by Gasteiger charge is 2.19. The average molecular weight is 328 g/mol. The summed E-state index contributed by atoms with van der Waals surface area (Å²) in [7, 11) is 0. The van der Waals surface area contributed by atoms with Crippen molar-refractivity contribution in [2.24, 2.45) is 0 Å². The van der Waals surface area contributed by atoms with Gasteiger partial charge in [-0.15, -0.1) is 0 Å². The standard InChI is InChI=1S/C14H18BrNO3/c1-2-7-19-14(17)12-10-11(15)3-4-13(12)16-5-8-18-9-6-16/h3-4,10H,2,5-9H2,1H3. The van der Waals surface area contributed by atoms with Gasteiger partial charge in [0.15, 0.2) is 0 Å². The fourth-order valence-corrected chi connectivity index (χ4v) is 2.39. The molecule has 2 rings (SSSR count). The number of carbonyl (C=O) groups excluding carboxylic acids is 1. The zero-order valence-corrected chi connectivity index (χ0v) is 12.6. The topological polar surface area (TPSA) is 38.8 Å². The highest BCUT2D eigenvalue weighted by Crippen LogP contribution is 2.26. The first-order valence-corrected chi connectivity index (χ1v) is 7.31. The van der Waals surface area contributed by atoms with Crippen LogP contribution in [0.5, 0.6) is 0 Å². The Morgan fingerprint density at radius 3 is 2.84 bits per heavy atom. The molecule has 1 aliphatic rings. The van der Waals surface area contributed by atoms with Gasteiger partial charge in [0, 0.05) is 17.6 Å². The number of rotatable bonds is 4. The third-order valence-corrected chi connectivity index (χ3v) is 3.46. The summed E-state index contributed by atoms with van der Waals surface area (Å²) < 4.78 is 11.5. The van der Waals surface area contributed by atoms with Crippen LogP contribution in [0.4, 0.5) is 5.69 Å². The molecule has 0 aliphatic carbocycles. The molecule has 0 spiro atoms. The van der Waals surface area contributed by atoms with Gasteiger partial charge in [-0.05, 0) is 24.6 Å². The second-order valence-electron chi connectivity index (χ2n) is 4.40. The van der Waals surface area contributed by atoms with Gasteiger partial charge < -0.3 is 14.4 Å². The molecule has 0 unspecified atom stereocenters. The fourth-order valence-electron chi connectivity index (χ4n) is 2.02. The normalized spacial score (nSPS) is 15.4. The Balaban J connectivity index is 2.23. The van der Waals surface area contributed by atoms with Crippen LogP contribution in [0.15, 0.2) is 22.7 Å². The Hall–Kier alpha value is -1.07. The Kier molecular flexibility index (Phi) is 5.22. The third kappa shape index (κ3) is 3.70. The summed E-state index contributed by atoms with van der Waals surface area (Å²) in [6, 6.07) is 5.72. The number of anilines is 1. The lowest BCUT2D eigenvalue weighted by molar-refractivity contribution is 0.0505. The predicted octanol–water partition coefficient (Wildman–Crippen LogP) is 2.85. The summed E-state index contributed by atoms with van der Waals surface area (Å²) in [6.45, 7) is 5.43. The second-order valence-corrected chi connectivity index (χ2v) is 5.31. The largest absolute Gasteiger partial charge is 0.462 e. The van der Waals surface area contributed by atoms with Crippen molar-refractivity contribution in [2.75, 3.05) is 37.8 Å². The molecular formula is C14H18BrNO3. The summed E-state index contributed by atoms with van der Waals surface area (Å²) in [4.78, 5) is 14.3. The minimum atomic E-state index is -0.260. The molecule has 104 valence electrons. The Labute approximate surface area is 121 Å². The summed E-state index contributed by atoms with van der Waals surface area (Å²) in [5, 5.41) is 0. The van der Waals surface area contributed by atoms with Crippen molar-refractivity contribution >= 4 is 27.6 Å². The minimum absolute atomic E-state index is 0.260. The van der Waals surface area contributed by atoms with Gasteiger partial charge in [0.1, 0.15) is 0 Å². The first-order valence-electron chi connectivity index (χ1n) is 6.51. The summed E-state index contributed by atoms with van der Waals surface area (Å²) in [6.07, 6.45) is 0.826. The average Bonchev–Trinajstić information content (AvgIpc) is 2.45. The molecule has 1 aromatic carbocycles. The van der Waals surface area contributed by atoms with E-state index >= 15 is 0 Å². The van der Waals surface area contributed by atoms with Gasteiger partial charge in [0.05, 0.1) is 31.1 Å².